The van der Waals surface area contributed by atoms with Crippen LogP contribution < -0.4 is 0 Å². The summed E-state index contributed by atoms with van der Waals surface area (Å²) in [5.74, 6) is 0. The first-order valence-corrected chi connectivity index (χ1v) is 10.0. The van der Waals surface area contributed by atoms with Crippen LogP contribution >= 0.6 is 0 Å². The van der Waals surface area contributed by atoms with Gasteiger partial charge in [0.15, 0.2) is 0 Å². The summed E-state index contributed by atoms with van der Waals surface area (Å²) >= 11 is 0. The van der Waals surface area contributed by atoms with Gasteiger partial charge in [-0.1, -0.05) is 50.0 Å². The minimum absolute atomic E-state index is 1.00. The molecule has 86 valence electrons. The van der Waals surface area contributed by atoms with Gasteiger partial charge in [-0.15, -0.1) is 0 Å². The molecule has 0 saturated heterocycles. The third kappa shape index (κ3) is 2.85. The molecule has 1 aromatic rings. The Morgan fingerprint density at radius 2 is 1.88 bits per heavy atom. The Labute approximate surface area is 100 Å². The van der Waals surface area contributed by atoms with Crippen molar-refractivity contribution in [2.45, 2.75) is 44.9 Å². The molecule has 0 radical (unpaired) electrons. The number of rotatable bonds is 2. The van der Waals surface area contributed by atoms with E-state index in [1.54, 1.807) is 11.1 Å². The minimum Gasteiger partial charge on any atom is -0.0810 e. The molecule has 2 rings (SSSR count). The van der Waals surface area contributed by atoms with Gasteiger partial charge in [0.05, 0.1) is 0 Å². The van der Waals surface area contributed by atoms with E-state index in [0.29, 0.717) is 0 Å². The molecule has 0 nitrogen and oxygen atoms in total. The zero-order valence-corrected chi connectivity index (χ0v) is 11.7. The number of hydrogen-bond donors (Lipinski definition) is 0. The van der Waals surface area contributed by atoms with Gasteiger partial charge >= 0.3 is 0 Å². The van der Waals surface area contributed by atoms with Crippen LogP contribution in [0.1, 0.15) is 24.0 Å². The van der Waals surface area contributed by atoms with E-state index in [0.717, 1.165) is 0 Å². The Hall–Kier alpha value is -0.823. The Bertz CT molecular complexity index is 396. The van der Waals surface area contributed by atoms with E-state index in [9.17, 15) is 0 Å². The summed E-state index contributed by atoms with van der Waals surface area (Å²) in [6.45, 7) is 7.38. The van der Waals surface area contributed by atoms with E-state index in [-0.39, 0.29) is 0 Å². The van der Waals surface area contributed by atoms with Gasteiger partial charge in [-0.3, -0.25) is 0 Å². The second-order valence-electron chi connectivity index (χ2n) is 6.02. The highest BCUT2D eigenvalue weighted by Crippen LogP contribution is 2.31. The molecule has 16 heavy (non-hydrogen) atoms. The maximum atomic E-state index is 2.49. The molecule has 0 aliphatic heterocycles. The molecule has 1 aromatic carbocycles. The van der Waals surface area contributed by atoms with Crippen molar-refractivity contribution < 1.29 is 0 Å². The Kier molecular flexibility index (Phi) is 3.34. The highest BCUT2D eigenvalue weighted by atomic mass is 28.3. The van der Waals surface area contributed by atoms with Gasteiger partial charge in [-0.05, 0) is 42.0 Å². The largest absolute Gasteiger partial charge is 0.0810 e. The van der Waals surface area contributed by atoms with Gasteiger partial charge in [0.25, 0.3) is 0 Å². The fourth-order valence-electron chi connectivity index (χ4n) is 2.47. The van der Waals surface area contributed by atoms with Gasteiger partial charge in [0.2, 0.25) is 0 Å². The van der Waals surface area contributed by atoms with Gasteiger partial charge in [0.1, 0.15) is 0 Å². The quantitative estimate of drug-likeness (QED) is 0.643. The van der Waals surface area contributed by atoms with Crippen LogP contribution in [-0.4, -0.2) is 8.07 Å². The number of benzene rings is 1. The molecule has 0 amide bonds. The van der Waals surface area contributed by atoms with E-state index in [1.807, 2.05) is 0 Å². The molecule has 0 saturated carbocycles. The first kappa shape index (κ1) is 11.7. The van der Waals surface area contributed by atoms with Gasteiger partial charge in [-0.25, -0.2) is 0 Å². The number of fused-ring (bicyclic) bond motifs is 1. The van der Waals surface area contributed by atoms with E-state index in [2.05, 4.69) is 50.0 Å². The number of aryl methyl sites for hydroxylation is 1. The van der Waals surface area contributed by atoms with Crippen molar-refractivity contribution in [2.75, 3.05) is 0 Å². The topological polar surface area (TPSA) is 0 Å². The first-order chi connectivity index (χ1) is 7.56. The standard InChI is InChI=1S/C15H22Si/c1-16(2,3)12-14-10-5-4-8-13-9-6-7-11-15(13)14/h6-7,9-11H,4-5,8,12H2,1-3H3. The maximum absolute atomic E-state index is 2.49. The molecule has 1 aliphatic rings. The summed E-state index contributed by atoms with van der Waals surface area (Å²) < 4.78 is 0. The average Bonchev–Trinajstić information content (AvgIpc) is 2.39. The van der Waals surface area contributed by atoms with Crippen molar-refractivity contribution in [1.82, 2.24) is 0 Å². The molecule has 0 aromatic heterocycles. The third-order valence-electron chi connectivity index (χ3n) is 3.13. The Morgan fingerprint density at radius 3 is 2.62 bits per heavy atom. The smallest absolute Gasteiger partial charge is 0.0487 e. The van der Waals surface area contributed by atoms with Crippen molar-refractivity contribution in [1.29, 1.82) is 0 Å². The summed E-state index contributed by atoms with van der Waals surface area (Å²) in [6.07, 6.45) is 6.31. The molecule has 0 spiro atoms. The second kappa shape index (κ2) is 4.58. The van der Waals surface area contributed by atoms with Crippen LogP contribution in [0.15, 0.2) is 30.3 Å². The van der Waals surface area contributed by atoms with Crippen LogP contribution in [0.4, 0.5) is 0 Å². The summed E-state index contributed by atoms with van der Waals surface area (Å²) in [7, 11) is -1.00. The SMILES string of the molecule is C[Si](C)(C)CC1=CCCCc2ccccc21. The number of hydrogen-bond acceptors (Lipinski definition) is 0. The van der Waals surface area contributed by atoms with Crippen LogP contribution in [0.5, 0.6) is 0 Å². The second-order valence-corrected chi connectivity index (χ2v) is 11.5. The van der Waals surface area contributed by atoms with Gasteiger partial charge in [0, 0.05) is 8.07 Å². The minimum atomic E-state index is -1.00. The molecule has 0 heterocycles. The van der Waals surface area contributed by atoms with Crippen LogP contribution in [0, 0.1) is 0 Å². The molecule has 0 unspecified atom stereocenters. The first-order valence-electron chi connectivity index (χ1n) is 6.33. The van der Waals surface area contributed by atoms with E-state index < -0.39 is 8.07 Å². The summed E-state index contributed by atoms with van der Waals surface area (Å²) in [5.41, 5.74) is 4.71. The van der Waals surface area contributed by atoms with Crippen molar-refractivity contribution in [3.8, 4) is 0 Å². The fraction of sp³-hybridized carbons (Fsp3) is 0.467. The van der Waals surface area contributed by atoms with E-state index in [1.165, 1.54) is 30.9 Å². The van der Waals surface area contributed by atoms with Gasteiger partial charge < -0.3 is 0 Å². The van der Waals surface area contributed by atoms with Crippen LogP contribution in [0.2, 0.25) is 25.7 Å². The van der Waals surface area contributed by atoms with Crippen LogP contribution in [-0.2, 0) is 6.42 Å². The van der Waals surface area contributed by atoms with Crippen LogP contribution in [0.25, 0.3) is 5.57 Å². The summed E-state index contributed by atoms with van der Waals surface area (Å²) in [4.78, 5) is 0. The Morgan fingerprint density at radius 1 is 1.12 bits per heavy atom. The summed E-state index contributed by atoms with van der Waals surface area (Å²) in [6, 6.07) is 10.3. The molecule has 0 fully saturated rings. The molecule has 0 atom stereocenters. The highest BCUT2D eigenvalue weighted by Gasteiger charge is 2.19. The molecular formula is C15H22Si. The van der Waals surface area contributed by atoms with E-state index in [4.69, 9.17) is 0 Å². The predicted molar refractivity (Wildman–Crippen MR) is 75.5 cm³/mol. The predicted octanol–water partition coefficient (Wildman–Crippen LogP) is 4.74. The monoisotopic (exact) mass is 230 g/mol. The normalized spacial score (nSPS) is 16.3. The van der Waals surface area contributed by atoms with Crippen molar-refractivity contribution >= 4 is 13.6 Å². The summed E-state index contributed by atoms with van der Waals surface area (Å²) in [5, 5.41) is 0. The molecule has 0 N–H and O–H groups in total. The molecule has 1 heteroatoms. The zero-order chi connectivity index (χ0) is 11.6. The van der Waals surface area contributed by atoms with Crippen molar-refractivity contribution in [2.24, 2.45) is 0 Å². The Balaban J connectivity index is 2.35. The third-order valence-corrected chi connectivity index (χ3v) is 4.57. The molecule has 1 aliphatic carbocycles. The van der Waals surface area contributed by atoms with Crippen molar-refractivity contribution in [3.63, 3.8) is 0 Å². The lowest BCUT2D eigenvalue weighted by atomic mass is 10.0. The lowest BCUT2D eigenvalue weighted by Gasteiger charge is -2.19. The van der Waals surface area contributed by atoms with Crippen LogP contribution in [0.3, 0.4) is 0 Å². The number of allylic oxidation sites excluding steroid dienone is 2. The zero-order valence-electron chi connectivity index (χ0n) is 10.7. The fourth-order valence-corrected chi connectivity index (χ4v) is 3.95. The molecular weight excluding hydrogens is 208 g/mol. The van der Waals surface area contributed by atoms with Gasteiger partial charge in [-0.2, -0.15) is 0 Å². The highest BCUT2D eigenvalue weighted by molar-refractivity contribution is 6.77. The van der Waals surface area contributed by atoms with E-state index >= 15 is 0 Å². The lowest BCUT2D eigenvalue weighted by Crippen LogP contribution is -2.19. The molecule has 0 bridgehead atoms. The lowest BCUT2D eigenvalue weighted by molar-refractivity contribution is 0.851. The van der Waals surface area contributed by atoms with Crippen molar-refractivity contribution in [3.05, 3.63) is 41.5 Å². The average molecular weight is 230 g/mol. The maximum Gasteiger partial charge on any atom is 0.0487 e.